The number of anilines is 1. The Hall–Kier alpha value is -2.78. The van der Waals surface area contributed by atoms with Crippen molar-refractivity contribution in [3.8, 4) is 5.75 Å². The Labute approximate surface area is 147 Å². The number of halogens is 3. The number of aryl methyl sites for hydroxylation is 2. The zero-order valence-electron chi connectivity index (χ0n) is 14.2. The number of amides is 2. The van der Waals surface area contributed by atoms with Crippen LogP contribution in [0.15, 0.2) is 24.3 Å². The fourth-order valence-corrected chi connectivity index (χ4v) is 2.73. The van der Waals surface area contributed by atoms with Crippen molar-refractivity contribution in [3.05, 3.63) is 35.7 Å². The SMILES string of the molecule is CCc1nc(NC(=O)NC2(c3cccc(OC(F)(F)F)c3)CC2)nn1C. The molecule has 0 atom stereocenters. The highest BCUT2D eigenvalue weighted by Crippen LogP contribution is 2.46. The number of carbonyl (C=O) groups is 1. The van der Waals surface area contributed by atoms with E-state index < -0.39 is 17.9 Å². The Morgan fingerprint density at radius 3 is 2.69 bits per heavy atom. The average Bonchev–Trinajstić information content (AvgIpc) is 3.23. The summed E-state index contributed by atoms with van der Waals surface area (Å²) < 4.78 is 42.7. The predicted octanol–water partition coefficient (Wildman–Crippen LogP) is 3.09. The molecule has 1 aromatic heterocycles. The minimum absolute atomic E-state index is 0.173. The summed E-state index contributed by atoms with van der Waals surface area (Å²) >= 11 is 0. The molecule has 26 heavy (non-hydrogen) atoms. The second-order valence-corrected chi connectivity index (χ2v) is 6.07. The van der Waals surface area contributed by atoms with Crippen molar-refractivity contribution >= 4 is 12.0 Å². The van der Waals surface area contributed by atoms with Crippen LogP contribution in [0.1, 0.15) is 31.2 Å². The summed E-state index contributed by atoms with van der Waals surface area (Å²) in [6.45, 7) is 1.92. The number of alkyl halides is 3. The standard InChI is InChI=1S/C16H18F3N5O2/c1-3-12-20-13(23-24(12)2)21-14(25)22-15(7-8-15)10-5-4-6-11(9-10)26-16(17,18)19/h4-6,9H,3,7-8H2,1-2H3,(H2,21,22,23,25). The third-order valence-corrected chi connectivity index (χ3v) is 4.12. The second-order valence-electron chi connectivity index (χ2n) is 6.07. The smallest absolute Gasteiger partial charge is 0.406 e. The van der Waals surface area contributed by atoms with Crippen molar-refractivity contribution in [1.82, 2.24) is 20.1 Å². The highest BCUT2D eigenvalue weighted by molar-refractivity contribution is 5.88. The van der Waals surface area contributed by atoms with Crippen LogP contribution in [0.5, 0.6) is 5.75 Å². The summed E-state index contributed by atoms with van der Waals surface area (Å²) in [4.78, 5) is 16.4. The molecule has 1 aliphatic carbocycles. The maximum Gasteiger partial charge on any atom is 0.573 e. The summed E-state index contributed by atoms with van der Waals surface area (Å²) in [5.41, 5.74) is -0.158. The lowest BCUT2D eigenvalue weighted by molar-refractivity contribution is -0.274. The summed E-state index contributed by atoms with van der Waals surface area (Å²) in [5.74, 6) is 0.577. The molecule has 3 rings (SSSR count). The fourth-order valence-electron chi connectivity index (χ4n) is 2.73. The number of urea groups is 1. The van der Waals surface area contributed by atoms with E-state index in [4.69, 9.17) is 0 Å². The number of carbonyl (C=O) groups excluding carboxylic acids is 1. The first-order valence-corrected chi connectivity index (χ1v) is 8.06. The predicted molar refractivity (Wildman–Crippen MR) is 86.6 cm³/mol. The number of aromatic nitrogens is 3. The maximum atomic E-state index is 12.4. The molecule has 1 aromatic carbocycles. The quantitative estimate of drug-likeness (QED) is 0.849. The van der Waals surface area contributed by atoms with E-state index in [-0.39, 0.29) is 11.7 Å². The van der Waals surface area contributed by atoms with Gasteiger partial charge in [0.1, 0.15) is 11.6 Å². The van der Waals surface area contributed by atoms with Crippen LogP contribution in [0.4, 0.5) is 23.9 Å². The number of rotatable bonds is 5. The highest BCUT2D eigenvalue weighted by atomic mass is 19.4. The molecule has 140 valence electrons. The van der Waals surface area contributed by atoms with Crippen molar-refractivity contribution < 1.29 is 22.7 Å². The van der Waals surface area contributed by atoms with E-state index in [2.05, 4.69) is 25.5 Å². The van der Waals surface area contributed by atoms with Crippen molar-refractivity contribution in [3.63, 3.8) is 0 Å². The summed E-state index contributed by atoms with van der Waals surface area (Å²) in [7, 11) is 1.73. The van der Waals surface area contributed by atoms with E-state index >= 15 is 0 Å². The molecule has 1 fully saturated rings. The Bertz CT molecular complexity index is 814. The van der Waals surface area contributed by atoms with Crippen molar-refractivity contribution in [1.29, 1.82) is 0 Å². The first-order valence-electron chi connectivity index (χ1n) is 8.06. The van der Waals surface area contributed by atoms with Crippen LogP contribution in [0.2, 0.25) is 0 Å². The number of hydrogen-bond donors (Lipinski definition) is 2. The van der Waals surface area contributed by atoms with Crippen LogP contribution in [-0.2, 0) is 19.0 Å². The molecule has 2 amide bonds. The molecule has 0 saturated heterocycles. The van der Waals surface area contributed by atoms with Gasteiger partial charge < -0.3 is 10.1 Å². The van der Waals surface area contributed by atoms with Gasteiger partial charge in [0.25, 0.3) is 0 Å². The van der Waals surface area contributed by atoms with Gasteiger partial charge in [-0.3, -0.25) is 10.00 Å². The molecule has 1 heterocycles. The number of nitrogens with zero attached hydrogens (tertiary/aromatic N) is 3. The molecule has 0 aliphatic heterocycles. The molecular formula is C16H18F3N5O2. The lowest BCUT2D eigenvalue weighted by Crippen LogP contribution is -2.38. The van der Waals surface area contributed by atoms with Crippen LogP contribution in [-0.4, -0.2) is 27.2 Å². The molecule has 2 aromatic rings. The first-order chi connectivity index (χ1) is 12.2. The normalized spacial score (nSPS) is 15.4. The molecule has 0 unspecified atom stereocenters. The third-order valence-electron chi connectivity index (χ3n) is 4.12. The Kier molecular flexibility index (Phi) is 4.51. The summed E-state index contributed by atoms with van der Waals surface area (Å²) in [5, 5.41) is 9.43. The largest absolute Gasteiger partial charge is 0.573 e. The fraction of sp³-hybridized carbons (Fsp3) is 0.438. The van der Waals surface area contributed by atoms with E-state index in [1.165, 1.54) is 18.2 Å². The highest BCUT2D eigenvalue weighted by Gasteiger charge is 2.46. The van der Waals surface area contributed by atoms with Gasteiger partial charge in [0.15, 0.2) is 0 Å². The zero-order valence-corrected chi connectivity index (χ0v) is 14.2. The van der Waals surface area contributed by atoms with Gasteiger partial charge in [-0.2, -0.15) is 4.98 Å². The molecule has 0 bridgehead atoms. The van der Waals surface area contributed by atoms with Gasteiger partial charge in [-0.1, -0.05) is 19.1 Å². The van der Waals surface area contributed by atoms with Gasteiger partial charge >= 0.3 is 12.4 Å². The molecule has 7 nitrogen and oxygen atoms in total. The molecule has 1 saturated carbocycles. The van der Waals surface area contributed by atoms with Gasteiger partial charge in [-0.25, -0.2) is 4.79 Å². The van der Waals surface area contributed by atoms with Crippen LogP contribution in [0, 0.1) is 0 Å². The van der Waals surface area contributed by atoms with Crippen molar-refractivity contribution in [2.45, 2.75) is 38.1 Å². The molecule has 2 N–H and O–H groups in total. The van der Waals surface area contributed by atoms with E-state index in [0.29, 0.717) is 24.8 Å². The Morgan fingerprint density at radius 1 is 1.38 bits per heavy atom. The molecule has 0 spiro atoms. The maximum absolute atomic E-state index is 12.4. The molecule has 1 aliphatic rings. The third kappa shape index (κ3) is 4.06. The second kappa shape index (κ2) is 6.50. The first kappa shape index (κ1) is 18.0. The molecular weight excluding hydrogens is 351 g/mol. The number of nitrogens with one attached hydrogen (secondary N) is 2. The lowest BCUT2D eigenvalue weighted by Gasteiger charge is -2.19. The average molecular weight is 369 g/mol. The number of ether oxygens (including phenoxy) is 1. The number of hydrogen-bond acceptors (Lipinski definition) is 4. The van der Waals surface area contributed by atoms with E-state index in [1.807, 2.05) is 6.92 Å². The van der Waals surface area contributed by atoms with Crippen LogP contribution >= 0.6 is 0 Å². The number of benzene rings is 1. The minimum Gasteiger partial charge on any atom is -0.406 e. The molecule has 10 heteroatoms. The lowest BCUT2D eigenvalue weighted by atomic mass is 10.0. The van der Waals surface area contributed by atoms with Crippen LogP contribution in [0.25, 0.3) is 0 Å². The zero-order chi connectivity index (χ0) is 18.9. The van der Waals surface area contributed by atoms with Gasteiger partial charge in [-0.15, -0.1) is 18.3 Å². The van der Waals surface area contributed by atoms with Gasteiger partial charge in [-0.05, 0) is 30.5 Å². The Balaban J connectivity index is 1.69. The van der Waals surface area contributed by atoms with Crippen molar-refractivity contribution in [2.24, 2.45) is 7.05 Å². The van der Waals surface area contributed by atoms with Crippen LogP contribution < -0.4 is 15.4 Å². The van der Waals surface area contributed by atoms with Gasteiger partial charge in [0, 0.05) is 13.5 Å². The van der Waals surface area contributed by atoms with E-state index in [9.17, 15) is 18.0 Å². The summed E-state index contributed by atoms with van der Waals surface area (Å²) in [6.07, 6.45) is -2.86. The van der Waals surface area contributed by atoms with Gasteiger partial charge in [0.05, 0.1) is 5.54 Å². The van der Waals surface area contributed by atoms with Crippen LogP contribution in [0.3, 0.4) is 0 Å². The topological polar surface area (TPSA) is 81.1 Å². The monoisotopic (exact) mass is 369 g/mol. The molecule has 0 radical (unpaired) electrons. The van der Waals surface area contributed by atoms with Gasteiger partial charge in [0.2, 0.25) is 5.95 Å². The Morgan fingerprint density at radius 2 is 2.12 bits per heavy atom. The van der Waals surface area contributed by atoms with E-state index in [0.717, 1.165) is 5.82 Å². The summed E-state index contributed by atoms with van der Waals surface area (Å²) in [6, 6.07) is 5.11. The minimum atomic E-state index is -4.76. The van der Waals surface area contributed by atoms with Crippen molar-refractivity contribution in [2.75, 3.05) is 5.32 Å². The van der Waals surface area contributed by atoms with E-state index in [1.54, 1.807) is 17.8 Å².